The third-order valence-electron chi connectivity index (χ3n) is 6.32. The van der Waals surface area contributed by atoms with Gasteiger partial charge in [-0.15, -0.1) is 0 Å². The Morgan fingerprint density at radius 3 is 2.48 bits per heavy atom. The summed E-state index contributed by atoms with van der Waals surface area (Å²) in [4.78, 5) is 43.1. The minimum atomic E-state index is -0.271. The second-order valence-electron chi connectivity index (χ2n) is 7.95. The van der Waals surface area contributed by atoms with Crippen LogP contribution in [0.1, 0.15) is 58.8 Å². The van der Waals surface area contributed by atoms with Crippen LogP contribution in [0.2, 0.25) is 0 Å². The molecule has 0 saturated carbocycles. The van der Waals surface area contributed by atoms with Crippen molar-refractivity contribution in [2.75, 3.05) is 32.8 Å². The summed E-state index contributed by atoms with van der Waals surface area (Å²) in [5, 5.41) is 0. The maximum absolute atomic E-state index is 13.0. The molecule has 3 aliphatic heterocycles. The predicted octanol–water partition coefficient (Wildman–Crippen LogP) is 2.25. The largest absolute Gasteiger partial charge is 0.450 e. The molecule has 0 aromatic heterocycles. The van der Waals surface area contributed by atoms with E-state index < -0.39 is 0 Å². The number of carbonyl (C=O) groups excluding carboxylic acids is 3. The Hall–Kier alpha value is -1.79. The summed E-state index contributed by atoms with van der Waals surface area (Å²) >= 11 is 0. The molecule has 0 aromatic rings. The lowest BCUT2D eigenvalue weighted by Crippen LogP contribution is -2.49. The lowest BCUT2D eigenvalue weighted by molar-refractivity contribution is -0.139. The second kappa shape index (κ2) is 8.93. The summed E-state index contributed by atoms with van der Waals surface area (Å²) in [6.45, 7) is 6.90. The van der Waals surface area contributed by atoms with Crippen LogP contribution in [-0.2, 0) is 14.3 Å². The highest BCUT2D eigenvalue weighted by molar-refractivity contribution is 5.89. The fourth-order valence-electron chi connectivity index (χ4n) is 4.77. The maximum atomic E-state index is 13.0. The van der Waals surface area contributed by atoms with E-state index in [1.807, 2.05) is 9.80 Å². The van der Waals surface area contributed by atoms with Crippen molar-refractivity contribution in [1.29, 1.82) is 0 Å². The quantitative estimate of drug-likeness (QED) is 0.751. The van der Waals surface area contributed by atoms with Crippen molar-refractivity contribution in [1.82, 2.24) is 14.7 Å². The highest BCUT2D eigenvalue weighted by atomic mass is 16.6. The van der Waals surface area contributed by atoms with Crippen LogP contribution in [0.25, 0.3) is 0 Å². The van der Waals surface area contributed by atoms with Crippen molar-refractivity contribution in [3.05, 3.63) is 0 Å². The number of rotatable bonds is 4. The number of hydrogen-bond acceptors (Lipinski definition) is 4. The Bertz CT molecular complexity index is 559. The first-order chi connectivity index (χ1) is 13.0. The lowest BCUT2D eigenvalue weighted by atomic mass is 9.97. The van der Waals surface area contributed by atoms with Gasteiger partial charge in [-0.25, -0.2) is 4.79 Å². The van der Waals surface area contributed by atoms with E-state index in [0.29, 0.717) is 38.7 Å². The van der Waals surface area contributed by atoms with Crippen LogP contribution in [-0.4, -0.2) is 77.5 Å². The van der Waals surface area contributed by atoms with Gasteiger partial charge in [-0.05, 0) is 45.4 Å². The summed E-state index contributed by atoms with van der Waals surface area (Å²) in [5.41, 5.74) is 0. The standard InChI is InChI=1S/C20H33N3O4/c1-3-16-7-5-6-10-22(16)19(25)15-13-18(24)23(14-15)17-8-11-21(12-9-17)20(26)27-4-2/h15-17H,3-14H2,1-2H3. The molecule has 3 heterocycles. The number of piperidine rings is 2. The summed E-state index contributed by atoms with van der Waals surface area (Å²) in [5.74, 6) is 0.0575. The van der Waals surface area contributed by atoms with E-state index >= 15 is 0 Å². The molecule has 0 aromatic carbocycles. The smallest absolute Gasteiger partial charge is 0.409 e. The van der Waals surface area contributed by atoms with Crippen LogP contribution < -0.4 is 0 Å². The van der Waals surface area contributed by atoms with E-state index in [2.05, 4.69) is 6.92 Å². The first-order valence-corrected chi connectivity index (χ1v) is 10.6. The average molecular weight is 380 g/mol. The van der Waals surface area contributed by atoms with E-state index in [4.69, 9.17) is 4.74 Å². The molecular formula is C20H33N3O4. The van der Waals surface area contributed by atoms with Crippen molar-refractivity contribution < 1.29 is 19.1 Å². The van der Waals surface area contributed by atoms with Crippen LogP contribution >= 0.6 is 0 Å². The Morgan fingerprint density at radius 2 is 1.81 bits per heavy atom. The van der Waals surface area contributed by atoms with Crippen LogP contribution in [0.5, 0.6) is 0 Å². The average Bonchev–Trinajstić information content (AvgIpc) is 3.09. The Balaban J connectivity index is 1.55. The summed E-state index contributed by atoms with van der Waals surface area (Å²) in [6.07, 6.45) is 5.91. The van der Waals surface area contributed by atoms with Crippen molar-refractivity contribution in [3.8, 4) is 0 Å². The van der Waals surface area contributed by atoms with Crippen molar-refractivity contribution in [3.63, 3.8) is 0 Å². The summed E-state index contributed by atoms with van der Waals surface area (Å²) in [6, 6.07) is 0.465. The van der Waals surface area contributed by atoms with Gasteiger partial charge in [0.2, 0.25) is 11.8 Å². The van der Waals surface area contributed by atoms with Crippen LogP contribution in [0.15, 0.2) is 0 Å². The molecule has 3 aliphatic rings. The highest BCUT2D eigenvalue weighted by Gasteiger charge is 2.41. The predicted molar refractivity (Wildman–Crippen MR) is 101 cm³/mol. The molecule has 0 bridgehead atoms. The van der Waals surface area contributed by atoms with Gasteiger partial charge < -0.3 is 19.4 Å². The van der Waals surface area contributed by atoms with Crippen molar-refractivity contribution >= 4 is 17.9 Å². The van der Waals surface area contributed by atoms with Gasteiger partial charge in [-0.1, -0.05) is 6.92 Å². The van der Waals surface area contributed by atoms with E-state index in [9.17, 15) is 14.4 Å². The summed E-state index contributed by atoms with van der Waals surface area (Å²) < 4.78 is 5.06. The van der Waals surface area contributed by atoms with Gasteiger partial charge in [0.05, 0.1) is 12.5 Å². The van der Waals surface area contributed by atoms with Crippen LogP contribution in [0, 0.1) is 5.92 Å². The van der Waals surface area contributed by atoms with E-state index in [0.717, 1.165) is 38.6 Å². The minimum absolute atomic E-state index is 0.0907. The van der Waals surface area contributed by atoms with Gasteiger partial charge in [0, 0.05) is 44.7 Å². The molecule has 7 heteroatoms. The SMILES string of the molecule is CCOC(=O)N1CCC(N2CC(C(=O)N3CCCCC3CC)CC2=O)CC1. The third kappa shape index (κ3) is 4.38. The van der Waals surface area contributed by atoms with Gasteiger partial charge in [0.1, 0.15) is 0 Å². The molecule has 3 fully saturated rings. The van der Waals surface area contributed by atoms with Crippen molar-refractivity contribution in [2.24, 2.45) is 5.92 Å². The normalized spacial score (nSPS) is 27.2. The summed E-state index contributed by atoms with van der Waals surface area (Å²) in [7, 11) is 0. The van der Waals surface area contributed by atoms with Crippen LogP contribution in [0.3, 0.4) is 0 Å². The van der Waals surface area contributed by atoms with Crippen LogP contribution in [0.4, 0.5) is 4.79 Å². The Kier molecular flexibility index (Phi) is 6.60. The molecule has 152 valence electrons. The zero-order valence-electron chi connectivity index (χ0n) is 16.7. The third-order valence-corrected chi connectivity index (χ3v) is 6.32. The lowest BCUT2D eigenvalue weighted by Gasteiger charge is -2.38. The van der Waals surface area contributed by atoms with Gasteiger partial charge in [-0.2, -0.15) is 0 Å². The van der Waals surface area contributed by atoms with Gasteiger partial charge in [0.15, 0.2) is 0 Å². The fraction of sp³-hybridized carbons (Fsp3) is 0.850. The Morgan fingerprint density at radius 1 is 1.07 bits per heavy atom. The first-order valence-electron chi connectivity index (χ1n) is 10.6. The molecule has 0 N–H and O–H groups in total. The number of amides is 3. The molecule has 27 heavy (non-hydrogen) atoms. The second-order valence-corrected chi connectivity index (χ2v) is 7.95. The van der Waals surface area contributed by atoms with Gasteiger partial charge >= 0.3 is 6.09 Å². The molecule has 0 radical (unpaired) electrons. The van der Waals surface area contributed by atoms with Gasteiger partial charge in [-0.3, -0.25) is 9.59 Å². The Labute approximate surface area is 162 Å². The molecule has 3 rings (SSSR count). The van der Waals surface area contributed by atoms with E-state index in [1.165, 1.54) is 6.42 Å². The molecular weight excluding hydrogens is 346 g/mol. The zero-order chi connectivity index (χ0) is 19.4. The zero-order valence-corrected chi connectivity index (χ0v) is 16.7. The molecule has 2 unspecified atom stereocenters. The molecule has 0 spiro atoms. The minimum Gasteiger partial charge on any atom is -0.450 e. The molecule has 7 nitrogen and oxygen atoms in total. The van der Waals surface area contributed by atoms with E-state index in [-0.39, 0.29) is 29.9 Å². The first kappa shape index (κ1) is 20.0. The maximum Gasteiger partial charge on any atom is 0.409 e. The monoisotopic (exact) mass is 379 g/mol. The number of likely N-dealkylation sites (tertiary alicyclic amines) is 3. The molecule has 3 saturated heterocycles. The highest BCUT2D eigenvalue weighted by Crippen LogP contribution is 2.29. The fourth-order valence-corrected chi connectivity index (χ4v) is 4.77. The number of hydrogen-bond donors (Lipinski definition) is 0. The van der Waals surface area contributed by atoms with Crippen molar-refractivity contribution in [2.45, 2.75) is 70.9 Å². The molecule has 0 aliphatic carbocycles. The van der Waals surface area contributed by atoms with Gasteiger partial charge in [0.25, 0.3) is 0 Å². The van der Waals surface area contributed by atoms with E-state index in [1.54, 1.807) is 11.8 Å². The molecule has 3 amide bonds. The topological polar surface area (TPSA) is 70.2 Å². The number of ether oxygens (including phenoxy) is 1. The number of carbonyl (C=O) groups is 3. The number of nitrogens with zero attached hydrogens (tertiary/aromatic N) is 3. The molecule has 2 atom stereocenters.